The quantitative estimate of drug-likeness (QED) is 0.417. The molecular weight excluding hydrogens is 471 g/mol. The van der Waals surface area contributed by atoms with Crippen molar-refractivity contribution in [1.29, 1.82) is 0 Å². The van der Waals surface area contributed by atoms with Gasteiger partial charge >= 0.3 is 6.18 Å². The van der Waals surface area contributed by atoms with Gasteiger partial charge in [-0.05, 0) is 18.2 Å². The molecule has 0 fully saturated rings. The standard InChI is InChI=1S/C21H14F7N5O/c1-32(17(18(24)25)10-3-2-9(4-12(10)22)21(26,27)28)20(34)11-5-15-14(6-13(11)23)31-19(29)16-7-30-8-33(15)16/h2-8,17-18H,1H3,(H2,29,31)/t17-/m0/s1/i1D3. The van der Waals surface area contributed by atoms with Gasteiger partial charge in [-0.1, -0.05) is 6.07 Å². The average molecular weight is 488 g/mol. The van der Waals surface area contributed by atoms with Gasteiger partial charge in [-0.2, -0.15) is 13.2 Å². The van der Waals surface area contributed by atoms with Crippen LogP contribution < -0.4 is 5.73 Å². The van der Waals surface area contributed by atoms with Crippen molar-refractivity contribution in [3.05, 3.63) is 71.2 Å². The number of hydrogen-bond donors (Lipinski definition) is 1. The lowest BCUT2D eigenvalue weighted by atomic mass is 10.0. The Morgan fingerprint density at radius 1 is 1.15 bits per heavy atom. The first-order valence-electron chi connectivity index (χ1n) is 10.8. The first-order valence-corrected chi connectivity index (χ1v) is 9.30. The number of carbonyl (C=O) groups is 1. The van der Waals surface area contributed by atoms with Crippen molar-refractivity contribution in [2.24, 2.45) is 0 Å². The topological polar surface area (TPSA) is 76.5 Å². The number of halogens is 7. The largest absolute Gasteiger partial charge is 0.416 e. The van der Waals surface area contributed by atoms with Crippen molar-refractivity contribution in [3.8, 4) is 0 Å². The second kappa shape index (κ2) is 8.15. The maximum absolute atomic E-state index is 15.0. The number of hydrogen-bond acceptors (Lipinski definition) is 4. The van der Waals surface area contributed by atoms with E-state index in [2.05, 4.69) is 9.97 Å². The summed E-state index contributed by atoms with van der Waals surface area (Å²) >= 11 is 0. The normalized spacial score (nSPS) is 14.8. The maximum Gasteiger partial charge on any atom is 0.416 e. The lowest BCUT2D eigenvalue weighted by Gasteiger charge is -2.29. The van der Waals surface area contributed by atoms with Crippen LogP contribution in [0.2, 0.25) is 0 Å². The number of fused-ring (bicyclic) bond motifs is 3. The highest BCUT2D eigenvalue weighted by Crippen LogP contribution is 2.35. The molecule has 0 spiro atoms. The molecule has 0 saturated heterocycles. The van der Waals surface area contributed by atoms with Crippen LogP contribution in [0.15, 0.2) is 42.9 Å². The van der Waals surface area contributed by atoms with E-state index in [4.69, 9.17) is 9.85 Å². The van der Waals surface area contributed by atoms with Crippen LogP contribution in [0.4, 0.5) is 36.6 Å². The number of imidazole rings is 1. The van der Waals surface area contributed by atoms with E-state index < -0.39 is 64.8 Å². The highest BCUT2D eigenvalue weighted by atomic mass is 19.4. The van der Waals surface area contributed by atoms with Gasteiger partial charge in [0.15, 0.2) is 0 Å². The summed E-state index contributed by atoms with van der Waals surface area (Å²) in [4.78, 5) is 20.6. The van der Waals surface area contributed by atoms with E-state index in [1.807, 2.05) is 0 Å². The minimum absolute atomic E-state index is 0.00579. The van der Waals surface area contributed by atoms with Crippen LogP contribution in [0.5, 0.6) is 0 Å². The number of nitrogens with zero attached hydrogens (tertiary/aromatic N) is 4. The highest BCUT2D eigenvalue weighted by molar-refractivity contribution is 5.98. The molecule has 2 aromatic heterocycles. The van der Waals surface area contributed by atoms with Gasteiger partial charge in [0.25, 0.3) is 12.3 Å². The van der Waals surface area contributed by atoms with Crippen molar-refractivity contribution < 1.29 is 39.6 Å². The molecule has 0 saturated carbocycles. The lowest BCUT2D eigenvalue weighted by Crippen LogP contribution is -2.36. The van der Waals surface area contributed by atoms with Gasteiger partial charge < -0.3 is 10.6 Å². The number of nitrogens with two attached hydrogens (primary N) is 1. The van der Waals surface area contributed by atoms with E-state index in [0.29, 0.717) is 12.1 Å². The molecule has 0 bridgehead atoms. The fraction of sp³-hybridized carbons (Fsp3) is 0.190. The zero-order chi connectivity index (χ0) is 27.4. The van der Waals surface area contributed by atoms with Gasteiger partial charge in [-0.25, -0.2) is 27.5 Å². The third-order valence-electron chi connectivity index (χ3n) is 5.08. The Labute approximate surface area is 190 Å². The van der Waals surface area contributed by atoms with E-state index in [-0.39, 0.29) is 34.5 Å². The molecule has 2 N–H and O–H groups in total. The minimum atomic E-state index is -5.02. The van der Waals surface area contributed by atoms with E-state index in [1.165, 1.54) is 16.9 Å². The number of rotatable bonds is 4. The Morgan fingerprint density at radius 2 is 1.88 bits per heavy atom. The van der Waals surface area contributed by atoms with E-state index >= 15 is 0 Å². The molecule has 0 aliphatic heterocycles. The molecule has 2 heterocycles. The molecule has 2 aromatic carbocycles. The Hall–Kier alpha value is -3.90. The Balaban J connectivity index is 1.90. The van der Waals surface area contributed by atoms with Crippen molar-refractivity contribution in [3.63, 3.8) is 0 Å². The predicted octanol–water partition coefficient (Wildman–Crippen LogP) is 4.84. The third kappa shape index (κ3) is 3.86. The highest BCUT2D eigenvalue weighted by Gasteiger charge is 2.36. The van der Waals surface area contributed by atoms with Gasteiger partial charge in [0.1, 0.15) is 29.0 Å². The Kier molecular flexibility index (Phi) is 4.69. The van der Waals surface area contributed by atoms with E-state index in [0.717, 1.165) is 6.07 Å². The summed E-state index contributed by atoms with van der Waals surface area (Å²) in [6.07, 6.45) is -6.30. The number of nitrogen functional groups attached to an aromatic ring is 1. The van der Waals surface area contributed by atoms with E-state index in [9.17, 15) is 35.5 Å². The molecule has 0 radical (unpaired) electrons. The number of aromatic nitrogens is 3. The zero-order valence-electron chi connectivity index (χ0n) is 19.6. The molecule has 34 heavy (non-hydrogen) atoms. The average Bonchev–Trinajstić information content (AvgIpc) is 3.26. The van der Waals surface area contributed by atoms with Crippen molar-refractivity contribution in [2.45, 2.75) is 18.6 Å². The molecule has 178 valence electrons. The summed E-state index contributed by atoms with van der Waals surface area (Å²) in [7, 11) is 0. The number of anilines is 1. The molecule has 13 heteroatoms. The zero-order valence-corrected chi connectivity index (χ0v) is 16.6. The van der Waals surface area contributed by atoms with Gasteiger partial charge in [-0.3, -0.25) is 9.20 Å². The van der Waals surface area contributed by atoms with Crippen LogP contribution in [0.25, 0.3) is 16.6 Å². The molecule has 4 aromatic rings. The van der Waals surface area contributed by atoms with Crippen LogP contribution in [-0.4, -0.2) is 38.6 Å². The molecule has 4 rings (SSSR count). The van der Waals surface area contributed by atoms with Crippen LogP contribution in [0.1, 0.15) is 31.6 Å². The summed E-state index contributed by atoms with van der Waals surface area (Å²) in [6, 6.07) is -0.882. The third-order valence-corrected chi connectivity index (χ3v) is 5.08. The van der Waals surface area contributed by atoms with Gasteiger partial charge in [0.2, 0.25) is 0 Å². The monoisotopic (exact) mass is 488 g/mol. The fourth-order valence-corrected chi connectivity index (χ4v) is 3.45. The molecule has 0 unspecified atom stereocenters. The molecule has 0 aliphatic rings. The summed E-state index contributed by atoms with van der Waals surface area (Å²) < 4.78 is 121. The molecular formula is C21H14F7N5O. The number of benzene rings is 2. The first kappa shape index (κ1) is 19.6. The van der Waals surface area contributed by atoms with E-state index in [1.54, 1.807) is 0 Å². The summed E-state index contributed by atoms with van der Waals surface area (Å²) in [5.74, 6) is -5.04. The number of amides is 1. The summed E-state index contributed by atoms with van der Waals surface area (Å²) in [5.41, 5.74) is 2.21. The van der Waals surface area contributed by atoms with Gasteiger partial charge in [-0.15, -0.1) is 0 Å². The second-order valence-corrected chi connectivity index (χ2v) is 7.16. The van der Waals surface area contributed by atoms with Crippen LogP contribution in [0, 0.1) is 11.6 Å². The van der Waals surface area contributed by atoms with Crippen LogP contribution >= 0.6 is 0 Å². The molecule has 1 atom stereocenters. The Bertz CT molecular complexity index is 1520. The predicted molar refractivity (Wildman–Crippen MR) is 107 cm³/mol. The maximum atomic E-state index is 15.0. The summed E-state index contributed by atoms with van der Waals surface area (Å²) in [5, 5.41) is 0. The summed E-state index contributed by atoms with van der Waals surface area (Å²) in [6.45, 7) is -3.70. The van der Waals surface area contributed by atoms with Crippen molar-refractivity contribution in [1.82, 2.24) is 19.3 Å². The minimum Gasteiger partial charge on any atom is -0.382 e. The van der Waals surface area contributed by atoms with Crippen LogP contribution in [-0.2, 0) is 6.18 Å². The second-order valence-electron chi connectivity index (χ2n) is 7.16. The van der Waals surface area contributed by atoms with Gasteiger partial charge in [0.05, 0.1) is 34.7 Å². The number of carbonyl (C=O) groups excluding carboxylic acids is 1. The first-order chi connectivity index (χ1) is 17.1. The lowest BCUT2D eigenvalue weighted by molar-refractivity contribution is -0.137. The fourth-order valence-electron chi connectivity index (χ4n) is 3.45. The van der Waals surface area contributed by atoms with Crippen molar-refractivity contribution in [2.75, 3.05) is 12.7 Å². The number of alkyl halides is 5. The molecule has 1 amide bonds. The van der Waals surface area contributed by atoms with Gasteiger partial charge in [0, 0.05) is 22.7 Å². The smallest absolute Gasteiger partial charge is 0.382 e. The van der Waals surface area contributed by atoms with Crippen molar-refractivity contribution >= 4 is 28.3 Å². The van der Waals surface area contributed by atoms with Crippen LogP contribution in [0.3, 0.4) is 0 Å². The molecule has 0 aliphatic carbocycles. The molecule has 6 nitrogen and oxygen atoms in total. The SMILES string of the molecule is [2H]C([2H])([2H])N(C(=O)c1cc2c(cc1F)nc(N)c1cncn12)[C@@H](c1ccc(C(F)(F)F)cc1F)C(F)F. The Morgan fingerprint density at radius 3 is 2.50 bits per heavy atom.